The van der Waals surface area contributed by atoms with Gasteiger partial charge in [-0.2, -0.15) is 8.42 Å². The Kier molecular flexibility index (Phi) is 7.36. The van der Waals surface area contributed by atoms with Gasteiger partial charge in [-0.1, -0.05) is 0 Å². The van der Waals surface area contributed by atoms with Crippen LogP contribution in [0.5, 0.6) is 0 Å². The van der Waals surface area contributed by atoms with Crippen molar-refractivity contribution in [2.45, 2.75) is 13.0 Å². The molecule has 0 aromatic carbocycles. The van der Waals surface area contributed by atoms with E-state index in [2.05, 4.69) is 14.4 Å². The molecule has 0 aliphatic carbocycles. The van der Waals surface area contributed by atoms with E-state index in [1.54, 1.807) is 6.92 Å². The fourth-order valence-corrected chi connectivity index (χ4v) is 1.39. The Hall–Kier alpha value is -1.29. The van der Waals surface area contributed by atoms with E-state index < -0.39 is 16.0 Å². The lowest BCUT2D eigenvalue weighted by atomic mass is 10.2. The van der Waals surface area contributed by atoms with Gasteiger partial charge in [0.25, 0.3) is 16.0 Å². The summed E-state index contributed by atoms with van der Waals surface area (Å²) in [6.07, 6.45) is 3.17. The standard InChI is InChI=1S/C9H17N3O5S/c1-7(6-16-18(2,14)15)12-5-8(3-4-10)9(11)17-13/h3-4,7,10-13H,5-6H2,1-2H3/b8-3-,10-4?,11-9?. The molecule has 1 atom stereocenters. The molecule has 9 heteroatoms. The predicted octanol–water partition coefficient (Wildman–Crippen LogP) is -0.0165. The summed E-state index contributed by atoms with van der Waals surface area (Å²) in [7, 11) is -3.49. The van der Waals surface area contributed by atoms with Gasteiger partial charge >= 0.3 is 0 Å². The maximum atomic E-state index is 10.8. The summed E-state index contributed by atoms with van der Waals surface area (Å²) in [6, 6.07) is -0.291. The molecule has 104 valence electrons. The largest absolute Gasteiger partial charge is 0.320 e. The van der Waals surface area contributed by atoms with E-state index >= 15 is 0 Å². The Morgan fingerprint density at radius 2 is 2.17 bits per heavy atom. The Morgan fingerprint density at radius 3 is 2.61 bits per heavy atom. The van der Waals surface area contributed by atoms with Crippen molar-refractivity contribution in [3.05, 3.63) is 11.6 Å². The molecule has 0 bridgehead atoms. The Morgan fingerprint density at radius 1 is 1.56 bits per heavy atom. The fraction of sp³-hybridized carbons (Fsp3) is 0.556. The lowest BCUT2D eigenvalue weighted by Crippen LogP contribution is -2.34. The monoisotopic (exact) mass is 279 g/mol. The SMILES string of the molecule is CC(COS(C)(=O)=O)NC/C(=C/C=N)C(=N)OO. The van der Waals surface area contributed by atoms with Crippen LogP contribution in [-0.4, -0.2) is 51.2 Å². The van der Waals surface area contributed by atoms with E-state index in [9.17, 15) is 8.42 Å². The van der Waals surface area contributed by atoms with Crippen molar-refractivity contribution < 1.29 is 22.7 Å². The van der Waals surface area contributed by atoms with Crippen molar-refractivity contribution in [1.82, 2.24) is 5.32 Å². The number of hydrogen-bond acceptors (Lipinski definition) is 8. The van der Waals surface area contributed by atoms with Crippen LogP contribution in [0, 0.1) is 10.8 Å². The van der Waals surface area contributed by atoms with Crippen LogP contribution >= 0.6 is 0 Å². The quantitative estimate of drug-likeness (QED) is 0.162. The van der Waals surface area contributed by atoms with Gasteiger partial charge in [0.05, 0.1) is 12.9 Å². The Bertz CT molecular complexity index is 418. The predicted molar refractivity (Wildman–Crippen MR) is 66.6 cm³/mol. The molecule has 0 saturated heterocycles. The van der Waals surface area contributed by atoms with E-state index in [1.807, 2.05) is 0 Å². The normalized spacial score (nSPS) is 14.1. The molecule has 0 aromatic rings. The minimum Gasteiger partial charge on any atom is -0.320 e. The number of rotatable bonds is 8. The molecule has 0 spiro atoms. The number of nitrogens with one attached hydrogen (secondary N) is 3. The van der Waals surface area contributed by atoms with Crippen LogP contribution in [0.3, 0.4) is 0 Å². The second-order valence-corrected chi connectivity index (χ2v) is 5.19. The summed E-state index contributed by atoms with van der Waals surface area (Å²) in [5, 5.41) is 25.3. The van der Waals surface area contributed by atoms with Gasteiger partial charge in [0, 0.05) is 24.4 Å². The highest BCUT2D eigenvalue weighted by molar-refractivity contribution is 7.85. The van der Waals surface area contributed by atoms with Crippen LogP contribution in [0.15, 0.2) is 11.6 Å². The molecule has 18 heavy (non-hydrogen) atoms. The van der Waals surface area contributed by atoms with Crippen molar-refractivity contribution in [2.75, 3.05) is 19.4 Å². The lowest BCUT2D eigenvalue weighted by molar-refractivity contribution is -0.155. The maximum absolute atomic E-state index is 10.8. The Labute approximate surface area is 106 Å². The third-order valence-corrected chi connectivity index (χ3v) is 2.40. The van der Waals surface area contributed by atoms with Crippen LogP contribution in [0.4, 0.5) is 0 Å². The van der Waals surface area contributed by atoms with Gasteiger partial charge in [-0.05, 0) is 13.0 Å². The molecule has 0 fully saturated rings. The molecular weight excluding hydrogens is 262 g/mol. The summed E-state index contributed by atoms with van der Waals surface area (Å²) >= 11 is 0. The molecule has 0 aliphatic rings. The minimum absolute atomic E-state index is 0.0516. The molecule has 0 heterocycles. The average molecular weight is 279 g/mol. The lowest BCUT2D eigenvalue weighted by Gasteiger charge is -2.14. The second-order valence-electron chi connectivity index (χ2n) is 3.55. The van der Waals surface area contributed by atoms with Gasteiger partial charge in [0.15, 0.2) is 0 Å². The fourth-order valence-electron chi connectivity index (χ4n) is 0.943. The zero-order valence-corrected chi connectivity index (χ0v) is 11.0. The molecule has 0 radical (unpaired) electrons. The van der Waals surface area contributed by atoms with Gasteiger partial charge < -0.3 is 15.6 Å². The topological polar surface area (TPSA) is 133 Å². The van der Waals surface area contributed by atoms with Crippen LogP contribution in [0.1, 0.15) is 6.92 Å². The second kappa shape index (κ2) is 7.93. The van der Waals surface area contributed by atoms with E-state index in [1.165, 1.54) is 6.08 Å². The zero-order valence-electron chi connectivity index (χ0n) is 10.1. The van der Waals surface area contributed by atoms with Gasteiger partial charge in [-0.15, -0.1) is 0 Å². The number of allylic oxidation sites excluding steroid dienone is 1. The first-order valence-corrected chi connectivity index (χ1v) is 6.79. The molecule has 8 nitrogen and oxygen atoms in total. The third kappa shape index (κ3) is 7.90. The van der Waals surface area contributed by atoms with Crippen molar-refractivity contribution in [2.24, 2.45) is 0 Å². The Balaban J connectivity index is 4.24. The highest BCUT2D eigenvalue weighted by Crippen LogP contribution is 1.97. The molecule has 0 saturated carbocycles. The summed E-state index contributed by atoms with van der Waals surface area (Å²) in [5.41, 5.74) is 0.249. The highest BCUT2D eigenvalue weighted by atomic mass is 32.2. The molecular formula is C9H17N3O5S. The highest BCUT2D eigenvalue weighted by Gasteiger charge is 2.10. The van der Waals surface area contributed by atoms with Crippen LogP contribution < -0.4 is 5.32 Å². The van der Waals surface area contributed by atoms with Crippen molar-refractivity contribution in [3.63, 3.8) is 0 Å². The van der Waals surface area contributed by atoms with Crippen molar-refractivity contribution >= 4 is 22.2 Å². The van der Waals surface area contributed by atoms with Gasteiger partial charge in [0.1, 0.15) is 0 Å². The molecule has 0 aromatic heterocycles. The van der Waals surface area contributed by atoms with Gasteiger partial charge in [0.2, 0.25) is 0 Å². The smallest absolute Gasteiger partial charge is 0.264 e. The molecule has 0 aliphatic heterocycles. The van der Waals surface area contributed by atoms with Gasteiger partial charge in [-0.25, -0.2) is 5.26 Å². The maximum Gasteiger partial charge on any atom is 0.264 e. The number of hydrogen-bond donors (Lipinski definition) is 4. The van der Waals surface area contributed by atoms with Crippen molar-refractivity contribution in [1.29, 1.82) is 10.8 Å². The van der Waals surface area contributed by atoms with E-state index in [4.69, 9.17) is 16.1 Å². The first-order valence-electron chi connectivity index (χ1n) is 4.98. The minimum atomic E-state index is -3.49. The zero-order chi connectivity index (χ0) is 14.2. The van der Waals surface area contributed by atoms with Crippen molar-refractivity contribution in [3.8, 4) is 0 Å². The van der Waals surface area contributed by atoms with E-state index in [0.717, 1.165) is 12.5 Å². The third-order valence-electron chi connectivity index (χ3n) is 1.84. The molecule has 0 rings (SSSR count). The molecule has 4 N–H and O–H groups in total. The van der Waals surface area contributed by atoms with Crippen LogP contribution in [0.2, 0.25) is 0 Å². The summed E-state index contributed by atoms with van der Waals surface area (Å²) in [6.45, 7) is 1.77. The van der Waals surface area contributed by atoms with E-state index in [-0.39, 0.29) is 24.8 Å². The first kappa shape index (κ1) is 16.7. The summed E-state index contributed by atoms with van der Waals surface area (Å²) in [5.74, 6) is -0.484. The van der Waals surface area contributed by atoms with Gasteiger partial charge in [-0.3, -0.25) is 9.59 Å². The molecule has 0 amide bonds. The van der Waals surface area contributed by atoms with Crippen LogP contribution in [-0.2, 0) is 19.2 Å². The van der Waals surface area contributed by atoms with Crippen LogP contribution in [0.25, 0.3) is 0 Å². The average Bonchev–Trinajstić information content (AvgIpc) is 2.30. The first-order chi connectivity index (χ1) is 8.30. The summed E-state index contributed by atoms with van der Waals surface area (Å²) in [4.78, 5) is 3.76. The molecule has 1 unspecified atom stereocenters. The summed E-state index contributed by atoms with van der Waals surface area (Å²) < 4.78 is 26.1. The van der Waals surface area contributed by atoms with E-state index in [0.29, 0.717) is 0 Å².